The van der Waals surface area contributed by atoms with Crippen LogP contribution in [0, 0.1) is 0 Å². The number of ether oxygens (including phenoxy) is 1. The fourth-order valence-corrected chi connectivity index (χ4v) is 5.17. The standard InChI is InChI=1S/C24H28N6O4S2/c1-30-14-22(28-21(30)15-35-3)36(32,33)29-24-23(25-18-8-4-5-9-19(18)26-24)27-20-13-17(34-2)11-10-16(20)7-6-12-31/h4-5,8-11,13-14,31H,6-7,12,15H2,1-3H3,(H,25,27)(H,26,29). The normalized spacial score (nSPS) is 11.6. The lowest BCUT2D eigenvalue weighted by atomic mass is 10.1. The van der Waals surface area contributed by atoms with Crippen molar-refractivity contribution >= 4 is 50.1 Å². The van der Waals surface area contributed by atoms with Crippen molar-refractivity contribution in [2.75, 3.05) is 30.0 Å². The summed E-state index contributed by atoms with van der Waals surface area (Å²) in [4.78, 5) is 13.5. The van der Waals surface area contributed by atoms with Crippen LogP contribution in [0.15, 0.2) is 53.7 Å². The third-order valence-electron chi connectivity index (χ3n) is 5.48. The summed E-state index contributed by atoms with van der Waals surface area (Å²) in [6.45, 7) is 0.0505. The second-order valence-electron chi connectivity index (χ2n) is 8.03. The van der Waals surface area contributed by atoms with E-state index in [9.17, 15) is 13.5 Å². The first kappa shape index (κ1) is 25.7. The number of aromatic nitrogens is 4. The lowest BCUT2D eigenvalue weighted by Crippen LogP contribution is -2.16. The molecule has 4 aromatic rings. The first-order valence-electron chi connectivity index (χ1n) is 11.2. The Labute approximate surface area is 214 Å². The second-order valence-corrected chi connectivity index (χ2v) is 10.5. The van der Waals surface area contributed by atoms with E-state index in [2.05, 4.69) is 25.0 Å². The summed E-state index contributed by atoms with van der Waals surface area (Å²) in [5.41, 5.74) is 2.73. The number of thioether (sulfide) groups is 1. The van der Waals surface area contributed by atoms with E-state index in [1.165, 1.54) is 6.20 Å². The highest BCUT2D eigenvalue weighted by molar-refractivity contribution is 7.97. The number of anilines is 3. The number of benzene rings is 2. The van der Waals surface area contributed by atoms with E-state index < -0.39 is 10.0 Å². The van der Waals surface area contributed by atoms with Gasteiger partial charge in [0.1, 0.15) is 11.6 Å². The number of sulfonamides is 1. The fraction of sp³-hybridized carbons (Fsp3) is 0.292. The molecule has 2 aromatic carbocycles. The Morgan fingerprint density at radius 3 is 2.47 bits per heavy atom. The predicted octanol–water partition coefficient (Wildman–Crippen LogP) is 3.70. The van der Waals surface area contributed by atoms with Gasteiger partial charge in [-0.25, -0.2) is 15.0 Å². The molecule has 0 radical (unpaired) electrons. The van der Waals surface area contributed by atoms with E-state index in [4.69, 9.17) is 4.74 Å². The van der Waals surface area contributed by atoms with Crippen molar-refractivity contribution in [2.45, 2.75) is 23.6 Å². The van der Waals surface area contributed by atoms with Crippen LogP contribution in [0.4, 0.5) is 17.3 Å². The maximum Gasteiger partial charge on any atom is 0.282 e. The van der Waals surface area contributed by atoms with Gasteiger partial charge in [-0.05, 0) is 42.9 Å². The minimum Gasteiger partial charge on any atom is -0.497 e. The van der Waals surface area contributed by atoms with Gasteiger partial charge in [-0.1, -0.05) is 18.2 Å². The Kier molecular flexibility index (Phi) is 7.97. The number of hydrogen-bond donors (Lipinski definition) is 3. The third kappa shape index (κ3) is 5.72. The summed E-state index contributed by atoms with van der Waals surface area (Å²) in [5.74, 6) is 2.13. The van der Waals surface area contributed by atoms with Gasteiger partial charge in [-0.3, -0.25) is 4.72 Å². The smallest absolute Gasteiger partial charge is 0.282 e. The summed E-state index contributed by atoms with van der Waals surface area (Å²) in [6, 6.07) is 12.7. The van der Waals surface area contributed by atoms with Gasteiger partial charge in [-0.15, -0.1) is 0 Å². The fourth-order valence-electron chi connectivity index (χ4n) is 3.62. The Bertz CT molecular complexity index is 1470. The minimum absolute atomic E-state index is 0.0432. The Morgan fingerprint density at radius 2 is 1.81 bits per heavy atom. The van der Waals surface area contributed by atoms with Gasteiger partial charge < -0.3 is 19.7 Å². The molecule has 0 atom stereocenters. The van der Waals surface area contributed by atoms with Gasteiger partial charge in [-0.2, -0.15) is 20.2 Å². The third-order valence-corrected chi connectivity index (χ3v) is 7.23. The van der Waals surface area contributed by atoms with Crippen molar-refractivity contribution in [2.24, 2.45) is 7.05 Å². The van der Waals surface area contributed by atoms with Crippen molar-refractivity contribution in [3.63, 3.8) is 0 Å². The number of nitrogens with one attached hydrogen (secondary N) is 2. The van der Waals surface area contributed by atoms with Crippen molar-refractivity contribution in [3.05, 3.63) is 60.0 Å². The summed E-state index contributed by atoms with van der Waals surface area (Å²) < 4.78 is 36.2. The van der Waals surface area contributed by atoms with Gasteiger partial charge >= 0.3 is 0 Å². The number of rotatable bonds is 11. The molecule has 0 saturated carbocycles. The number of aliphatic hydroxyl groups is 1. The van der Waals surface area contributed by atoms with E-state index in [0.717, 1.165) is 5.56 Å². The lowest BCUT2D eigenvalue weighted by molar-refractivity contribution is 0.288. The van der Waals surface area contributed by atoms with Crippen molar-refractivity contribution in [1.29, 1.82) is 0 Å². The number of imidazole rings is 1. The zero-order valence-electron chi connectivity index (χ0n) is 20.2. The first-order valence-corrected chi connectivity index (χ1v) is 14.1. The largest absolute Gasteiger partial charge is 0.497 e. The number of methoxy groups -OCH3 is 1. The molecule has 36 heavy (non-hydrogen) atoms. The average molecular weight is 529 g/mol. The molecule has 0 amide bonds. The van der Waals surface area contributed by atoms with Crippen LogP contribution in [-0.4, -0.2) is 53.0 Å². The Morgan fingerprint density at radius 1 is 1.08 bits per heavy atom. The molecule has 4 rings (SSSR count). The van der Waals surface area contributed by atoms with Crippen LogP contribution in [0.5, 0.6) is 5.75 Å². The van der Waals surface area contributed by atoms with Gasteiger partial charge in [0, 0.05) is 31.6 Å². The molecule has 0 spiro atoms. The summed E-state index contributed by atoms with van der Waals surface area (Å²) >= 11 is 1.55. The van der Waals surface area contributed by atoms with Crippen LogP contribution in [0.2, 0.25) is 0 Å². The molecular formula is C24H28N6O4S2. The monoisotopic (exact) mass is 528 g/mol. The summed E-state index contributed by atoms with van der Waals surface area (Å²) in [6.07, 6.45) is 4.58. The molecule has 12 heteroatoms. The number of aliphatic hydroxyl groups excluding tert-OH is 1. The van der Waals surface area contributed by atoms with Gasteiger partial charge in [0.05, 0.1) is 23.9 Å². The summed E-state index contributed by atoms with van der Waals surface area (Å²) in [5, 5.41) is 12.4. The first-order chi connectivity index (χ1) is 17.3. The van der Waals surface area contributed by atoms with E-state index in [0.29, 0.717) is 46.9 Å². The number of nitrogens with zero attached hydrogens (tertiary/aromatic N) is 4. The highest BCUT2D eigenvalue weighted by Gasteiger charge is 2.23. The maximum absolute atomic E-state index is 13.3. The predicted molar refractivity (Wildman–Crippen MR) is 142 cm³/mol. The summed E-state index contributed by atoms with van der Waals surface area (Å²) in [7, 11) is -0.715. The quantitative estimate of drug-likeness (QED) is 0.267. The molecule has 0 fully saturated rings. The molecule has 3 N–H and O–H groups in total. The zero-order chi connectivity index (χ0) is 25.7. The number of para-hydroxylation sites is 2. The topological polar surface area (TPSA) is 131 Å². The van der Waals surface area contributed by atoms with Crippen LogP contribution in [0.3, 0.4) is 0 Å². The zero-order valence-corrected chi connectivity index (χ0v) is 21.9. The molecule has 10 nitrogen and oxygen atoms in total. The number of aryl methyl sites for hydroxylation is 2. The van der Waals surface area contributed by atoms with E-state index in [-0.39, 0.29) is 23.3 Å². The molecule has 2 aromatic heterocycles. The SMILES string of the molecule is COc1ccc(CCCO)c(Nc2nc3ccccc3nc2NS(=O)(=O)c2cn(C)c(CSC)n2)c1. The molecule has 0 aliphatic heterocycles. The number of hydrogen-bond acceptors (Lipinski definition) is 9. The lowest BCUT2D eigenvalue weighted by Gasteiger charge is -2.16. The highest BCUT2D eigenvalue weighted by atomic mass is 32.2. The van der Waals surface area contributed by atoms with Crippen molar-refractivity contribution < 1.29 is 18.3 Å². The van der Waals surface area contributed by atoms with Crippen molar-refractivity contribution in [1.82, 2.24) is 19.5 Å². The Balaban J connectivity index is 1.77. The number of fused-ring (bicyclic) bond motifs is 1. The maximum atomic E-state index is 13.3. The van der Waals surface area contributed by atoms with Crippen LogP contribution in [-0.2, 0) is 29.2 Å². The second kappa shape index (κ2) is 11.1. The van der Waals surface area contributed by atoms with E-state index in [1.807, 2.05) is 30.5 Å². The molecule has 0 aliphatic carbocycles. The molecule has 0 aliphatic rings. The van der Waals surface area contributed by atoms with Crippen molar-refractivity contribution in [3.8, 4) is 5.75 Å². The van der Waals surface area contributed by atoms with Gasteiger partial charge in [0.25, 0.3) is 10.0 Å². The molecule has 2 heterocycles. The molecule has 0 saturated heterocycles. The van der Waals surface area contributed by atoms with Crippen LogP contribution < -0.4 is 14.8 Å². The highest BCUT2D eigenvalue weighted by Crippen LogP contribution is 2.31. The van der Waals surface area contributed by atoms with E-state index >= 15 is 0 Å². The van der Waals surface area contributed by atoms with Crippen LogP contribution in [0.1, 0.15) is 17.8 Å². The average Bonchev–Trinajstić information content (AvgIpc) is 3.24. The van der Waals surface area contributed by atoms with Crippen LogP contribution >= 0.6 is 11.8 Å². The van der Waals surface area contributed by atoms with Crippen LogP contribution in [0.25, 0.3) is 11.0 Å². The molecule has 0 unspecified atom stereocenters. The molecule has 190 valence electrons. The van der Waals surface area contributed by atoms with Gasteiger partial charge in [0.15, 0.2) is 16.7 Å². The molecule has 0 bridgehead atoms. The van der Waals surface area contributed by atoms with E-state index in [1.54, 1.807) is 48.7 Å². The molecular weight excluding hydrogens is 500 g/mol. The minimum atomic E-state index is -4.05. The Hall–Kier alpha value is -3.35. The van der Waals surface area contributed by atoms with Gasteiger partial charge in [0.2, 0.25) is 0 Å².